The van der Waals surface area contributed by atoms with E-state index in [1.165, 1.54) is 48.9 Å². The first-order valence-corrected chi connectivity index (χ1v) is 11.5. The van der Waals surface area contributed by atoms with Gasteiger partial charge in [0.15, 0.2) is 21.5 Å². The predicted molar refractivity (Wildman–Crippen MR) is 113 cm³/mol. The molecule has 0 saturated heterocycles. The summed E-state index contributed by atoms with van der Waals surface area (Å²) in [5, 5.41) is 7.90. The van der Waals surface area contributed by atoms with Crippen molar-refractivity contribution in [3.05, 3.63) is 60.3 Å². The van der Waals surface area contributed by atoms with Crippen LogP contribution >= 0.6 is 0 Å². The monoisotopic (exact) mass is 492 g/mol. The molecule has 4 rings (SSSR count). The Hall–Kier alpha value is -3.74. The zero-order valence-corrected chi connectivity index (χ0v) is 18.6. The van der Waals surface area contributed by atoms with E-state index in [2.05, 4.69) is 25.1 Å². The lowest BCUT2D eigenvalue weighted by Crippen LogP contribution is -2.10. The average molecular weight is 492 g/mol. The number of sulfone groups is 1. The number of rotatable bonds is 5. The molecule has 0 fully saturated rings. The Bertz CT molecular complexity index is 1480. The molecule has 0 aliphatic carbocycles. The lowest BCUT2D eigenvalue weighted by molar-refractivity contribution is -0.141. The number of nitrogens with zero attached hydrogens (tertiary/aromatic N) is 6. The quantitative estimate of drug-likeness (QED) is 0.389. The van der Waals surface area contributed by atoms with Crippen molar-refractivity contribution in [2.24, 2.45) is 7.05 Å². The second kappa shape index (κ2) is 8.56. The molecule has 0 spiro atoms. The van der Waals surface area contributed by atoms with Crippen molar-refractivity contribution in [1.82, 2.24) is 29.7 Å². The maximum Gasteiger partial charge on any atom is 0.433 e. The highest BCUT2D eigenvalue weighted by atomic mass is 32.2. The number of halogens is 4. The minimum absolute atomic E-state index is 0.0209. The molecular weight excluding hydrogens is 476 g/mol. The van der Waals surface area contributed by atoms with Crippen molar-refractivity contribution < 1.29 is 26.0 Å². The van der Waals surface area contributed by atoms with Crippen LogP contribution in [-0.4, -0.2) is 43.9 Å². The molecule has 3 aromatic heterocycles. The highest BCUT2D eigenvalue weighted by Crippen LogP contribution is 2.32. The summed E-state index contributed by atoms with van der Waals surface area (Å²) in [6, 6.07) is 9.07. The van der Waals surface area contributed by atoms with E-state index in [0.717, 1.165) is 6.33 Å². The highest BCUT2D eigenvalue weighted by Gasteiger charge is 2.33. The molecule has 0 saturated carbocycles. The van der Waals surface area contributed by atoms with Gasteiger partial charge in [-0.25, -0.2) is 27.8 Å². The van der Waals surface area contributed by atoms with Gasteiger partial charge in [-0.15, -0.1) is 10.2 Å². The number of pyridine rings is 1. The number of hydrogen-bond acceptors (Lipinski definition) is 7. The Morgan fingerprint density at radius 2 is 1.71 bits per heavy atom. The third-order valence-electron chi connectivity index (χ3n) is 4.97. The van der Waals surface area contributed by atoms with Crippen LogP contribution in [-0.2, 0) is 23.1 Å². The SMILES string of the molecule is CCS(=O)(=O)c1ccc(-c2cccc(F)c2)nc1-c1nnc(-c2cc(C(F)(F)F)ncn2)n1C. The fourth-order valence-corrected chi connectivity index (χ4v) is 4.23. The summed E-state index contributed by atoms with van der Waals surface area (Å²) in [5.74, 6) is -0.809. The molecule has 0 amide bonds. The predicted octanol–water partition coefficient (Wildman–Crippen LogP) is 3.95. The van der Waals surface area contributed by atoms with Gasteiger partial charge in [-0.2, -0.15) is 13.2 Å². The second-order valence-electron chi connectivity index (χ2n) is 7.15. The van der Waals surface area contributed by atoms with Gasteiger partial charge < -0.3 is 4.57 Å². The number of benzene rings is 1. The van der Waals surface area contributed by atoms with Crippen LogP contribution in [0.4, 0.5) is 17.6 Å². The van der Waals surface area contributed by atoms with Crippen molar-refractivity contribution >= 4 is 9.84 Å². The van der Waals surface area contributed by atoms with Crippen molar-refractivity contribution in [1.29, 1.82) is 0 Å². The van der Waals surface area contributed by atoms with Crippen molar-refractivity contribution in [3.8, 4) is 34.3 Å². The van der Waals surface area contributed by atoms with Gasteiger partial charge in [0.1, 0.15) is 29.2 Å². The molecule has 3 heterocycles. The summed E-state index contributed by atoms with van der Waals surface area (Å²) in [5.41, 5.74) is -0.729. The van der Waals surface area contributed by atoms with Crippen LogP contribution in [0.1, 0.15) is 12.6 Å². The lowest BCUT2D eigenvalue weighted by atomic mass is 10.1. The summed E-state index contributed by atoms with van der Waals surface area (Å²) in [4.78, 5) is 11.3. The first-order chi connectivity index (χ1) is 16.0. The molecule has 0 unspecified atom stereocenters. The van der Waals surface area contributed by atoms with E-state index in [4.69, 9.17) is 0 Å². The molecule has 0 radical (unpaired) electrons. The van der Waals surface area contributed by atoms with Crippen molar-refractivity contribution in [3.63, 3.8) is 0 Å². The summed E-state index contributed by atoms with van der Waals surface area (Å²) in [6.45, 7) is 1.46. The van der Waals surface area contributed by atoms with Gasteiger partial charge in [-0.05, 0) is 30.3 Å². The second-order valence-corrected chi connectivity index (χ2v) is 9.40. The first-order valence-electron chi connectivity index (χ1n) is 9.80. The topological polar surface area (TPSA) is 104 Å². The molecule has 0 aliphatic heterocycles. The van der Waals surface area contributed by atoms with Crippen LogP contribution in [0.3, 0.4) is 0 Å². The third kappa shape index (κ3) is 4.38. The van der Waals surface area contributed by atoms with Gasteiger partial charge in [-0.1, -0.05) is 19.1 Å². The van der Waals surface area contributed by atoms with Crippen LogP contribution in [0, 0.1) is 5.82 Å². The molecule has 13 heteroatoms. The summed E-state index contributed by atoms with van der Waals surface area (Å²) >= 11 is 0. The zero-order chi connectivity index (χ0) is 24.7. The minimum atomic E-state index is -4.69. The Kier molecular flexibility index (Phi) is 5.89. The van der Waals surface area contributed by atoms with Crippen LogP contribution < -0.4 is 0 Å². The fourth-order valence-electron chi connectivity index (χ4n) is 3.21. The summed E-state index contributed by atoms with van der Waals surface area (Å²) in [7, 11) is -2.33. The van der Waals surface area contributed by atoms with E-state index in [-0.39, 0.29) is 39.4 Å². The number of alkyl halides is 3. The maximum absolute atomic E-state index is 13.7. The van der Waals surface area contributed by atoms with Crippen LogP contribution in [0.5, 0.6) is 0 Å². The van der Waals surface area contributed by atoms with E-state index < -0.39 is 27.5 Å². The van der Waals surface area contributed by atoms with Crippen LogP contribution in [0.25, 0.3) is 34.3 Å². The lowest BCUT2D eigenvalue weighted by Gasteiger charge is -2.11. The standard InChI is InChI=1S/C21H16F4N6O2S/c1-3-34(32,33)16-8-7-14(12-5-4-6-13(22)9-12)28-18(16)20-30-29-19(31(20)2)15-10-17(21(23,24)25)27-11-26-15/h4-11H,3H2,1-2H3. The first kappa shape index (κ1) is 23.4. The summed E-state index contributed by atoms with van der Waals surface area (Å²) < 4.78 is 79.7. The minimum Gasteiger partial charge on any atom is -0.307 e. The molecule has 34 heavy (non-hydrogen) atoms. The van der Waals surface area contributed by atoms with Gasteiger partial charge in [-0.3, -0.25) is 0 Å². The molecule has 176 valence electrons. The Morgan fingerprint density at radius 3 is 2.38 bits per heavy atom. The largest absolute Gasteiger partial charge is 0.433 e. The van der Waals surface area contributed by atoms with Crippen molar-refractivity contribution in [2.75, 3.05) is 5.75 Å². The molecule has 1 aromatic carbocycles. The normalized spacial score (nSPS) is 12.2. The summed E-state index contributed by atoms with van der Waals surface area (Å²) in [6.07, 6.45) is -3.94. The van der Waals surface area contributed by atoms with Crippen LogP contribution in [0.15, 0.2) is 53.7 Å². The van der Waals surface area contributed by atoms with Gasteiger partial charge in [0.2, 0.25) is 0 Å². The van der Waals surface area contributed by atoms with E-state index in [9.17, 15) is 26.0 Å². The molecule has 8 nitrogen and oxygen atoms in total. The molecular formula is C21H16F4N6O2S. The molecule has 0 atom stereocenters. The van der Waals surface area contributed by atoms with Crippen LogP contribution in [0.2, 0.25) is 0 Å². The molecule has 0 N–H and O–H groups in total. The van der Waals surface area contributed by atoms with Gasteiger partial charge in [0, 0.05) is 12.6 Å². The number of hydrogen-bond donors (Lipinski definition) is 0. The third-order valence-corrected chi connectivity index (χ3v) is 6.73. The number of aromatic nitrogens is 6. The molecule has 0 aliphatic rings. The van der Waals surface area contributed by atoms with E-state index in [1.54, 1.807) is 6.07 Å². The Labute approximate surface area is 191 Å². The van der Waals surface area contributed by atoms with E-state index in [0.29, 0.717) is 11.6 Å². The van der Waals surface area contributed by atoms with E-state index >= 15 is 0 Å². The highest BCUT2D eigenvalue weighted by molar-refractivity contribution is 7.91. The zero-order valence-electron chi connectivity index (χ0n) is 17.7. The fraction of sp³-hybridized carbons (Fsp3) is 0.190. The smallest absolute Gasteiger partial charge is 0.307 e. The van der Waals surface area contributed by atoms with Gasteiger partial charge in [0.25, 0.3) is 0 Å². The van der Waals surface area contributed by atoms with Gasteiger partial charge in [0.05, 0.1) is 16.3 Å². The molecule has 4 aromatic rings. The maximum atomic E-state index is 13.7. The van der Waals surface area contributed by atoms with Gasteiger partial charge >= 0.3 is 6.18 Å². The molecule has 0 bridgehead atoms. The Morgan fingerprint density at radius 1 is 0.971 bits per heavy atom. The Balaban J connectivity index is 1.90. The van der Waals surface area contributed by atoms with Crippen molar-refractivity contribution in [2.45, 2.75) is 18.0 Å². The average Bonchev–Trinajstić information content (AvgIpc) is 3.19. The van der Waals surface area contributed by atoms with E-state index in [1.807, 2.05) is 0 Å².